The Labute approximate surface area is 75.4 Å². The molecule has 13 heavy (non-hydrogen) atoms. The van der Waals surface area contributed by atoms with E-state index in [1.165, 1.54) is 6.26 Å². The van der Waals surface area contributed by atoms with Crippen molar-refractivity contribution in [2.75, 3.05) is 0 Å². The fourth-order valence-electron chi connectivity index (χ4n) is 1.43. The SMILES string of the molecule is CCc1nccc2occ(C=O)c12. The van der Waals surface area contributed by atoms with E-state index in [9.17, 15) is 4.79 Å². The van der Waals surface area contributed by atoms with Crippen LogP contribution < -0.4 is 0 Å². The molecule has 0 atom stereocenters. The second kappa shape index (κ2) is 3.01. The van der Waals surface area contributed by atoms with Gasteiger partial charge in [0.1, 0.15) is 11.8 Å². The summed E-state index contributed by atoms with van der Waals surface area (Å²) in [4.78, 5) is 14.8. The van der Waals surface area contributed by atoms with Gasteiger partial charge in [-0.15, -0.1) is 0 Å². The van der Waals surface area contributed by atoms with Gasteiger partial charge in [-0.25, -0.2) is 0 Å². The third-order valence-electron chi connectivity index (χ3n) is 2.05. The van der Waals surface area contributed by atoms with Crippen molar-refractivity contribution >= 4 is 17.3 Å². The maximum atomic E-state index is 10.7. The molecule has 0 fully saturated rings. The summed E-state index contributed by atoms with van der Waals surface area (Å²) in [5.41, 5.74) is 2.22. The van der Waals surface area contributed by atoms with Crippen LogP contribution >= 0.6 is 0 Å². The molecular formula is C10H9NO2. The van der Waals surface area contributed by atoms with Crippen LogP contribution in [0.25, 0.3) is 11.0 Å². The lowest BCUT2D eigenvalue weighted by Crippen LogP contribution is -1.88. The molecule has 0 aliphatic rings. The first-order valence-corrected chi connectivity index (χ1v) is 4.17. The first-order valence-electron chi connectivity index (χ1n) is 4.17. The minimum atomic E-state index is 0.583. The summed E-state index contributed by atoms with van der Waals surface area (Å²) in [5, 5.41) is 0.847. The van der Waals surface area contributed by atoms with Crippen LogP contribution in [0.2, 0.25) is 0 Å². The van der Waals surface area contributed by atoms with Gasteiger partial charge in [-0.2, -0.15) is 0 Å². The second-order valence-corrected chi connectivity index (χ2v) is 2.79. The van der Waals surface area contributed by atoms with E-state index in [1.807, 2.05) is 6.92 Å². The normalized spacial score (nSPS) is 10.5. The average Bonchev–Trinajstić information content (AvgIpc) is 2.60. The maximum Gasteiger partial charge on any atom is 0.153 e. The number of hydrogen-bond donors (Lipinski definition) is 0. The highest BCUT2D eigenvalue weighted by Crippen LogP contribution is 2.22. The van der Waals surface area contributed by atoms with Gasteiger partial charge < -0.3 is 4.42 Å². The van der Waals surface area contributed by atoms with E-state index in [4.69, 9.17) is 4.42 Å². The van der Waals surface area contributed by atoms with Gasteiger partial charge in [-0.1, -0.05) is 6.92 Å². The molecule has 2 rings (SSSR count). The van der Waals surface area contributed by atoms with Gasteiger partial charge in [0.15, 0.2) is 6.29 Å². The quantitative estimate of drug-likeness (QED) is 0.657. The molecule has 0 aliphatic heterocycles. The number of carbonyl (C=O) groups is 1. The van der Waals surface area contributed by atoms with E-state index < -0.39 is 0 Å². The predicted octanol–water partition coefficient (Wildman–Crippen LogP) is 2.20. The number of pyridine rings is 1. The van der Waals surface area contributed by atoms with Gasteiger partial charge in [0.05, 0.1) is 16.6 Å². The molecule has 0 bridgehead atoms. The Bertz CT molecular complexity index is 445. The molecule has 0 aliphatic carbocycles. The van der Waals surface area contributed by atoms with E-state index in [2.05, 4.69) is 4.98 Å². The third-order valence-corrected chi connectivity index (χ3v) is 2.05. The second-order valence-electron chi connectivity index (χ2n) is 2.79. The van der Waals surface area contributed by atoms with Crippen LogP contribution in [0, 0.1) is 0 Å². The Morgan fingerprint density at radius 2 is 2.46 bits per heavy atom. The monoisotopic (exact) mass is 175 g/mol. The number of aldehydes is 1. The molecule has 0 spiro atoms. The van der Waals surface area contributed by atoms with Crippen LogP contribution in [0.15, 0.2) is 22.9 Å². The Morgan fingerprint density at radius 3 is 3.15 bits per heavy atom. The molecule has 0 saturated heterocycles. The van der Waals surface area contributed by atoms with Crippen molar-refractivity contribution < 1.29 is 9.21 Å². The topological polar surface area (TPSA) is 43.1 Å². The van der Waals surface area contributed by atoms with Crippen molar-refractivity contribution in [3.8, 4) is 0 Å². The molecule has 2 heterocycles. The molecular weight excluding hydrogens is 166 g/mol. The Balaban J connectivity index is 2.83. The van der Waals surface area contributed by atoms with Gasteiger partial charge in [0, 0.05) is 6.20 Å². The lowest BCUT2D eigenvalue weighted by atomic mass is 10.1. The summed E-state index contributed by atoms with van der Waals surface area (Å²) < 4.78 is 5.21. The molecule has 0 N–H and O–H groups in total. The molecule has 0 amide bonds. The van der Waals surface area contributed by atoms with Crippen LogP contribution in [0.5, 0.6) is 0 Å². The van der Waals surface area contributed by atoms with E-state index >= 15 is 0 Å². The molecule has 66 valence electrons. The van der Waals surface area contributed by atoms with E-state index in [1.54, 1.807) is 12.3 Å². The smallest absolute Gasteiger partial charge is 0.153 e. The minimum Gasteiger partial charge on any atom is -0.463 e. The van der Waals surface area contributed by atoms with E-state index in [0.717, 1.165) is 29.4 Å². The highest BCUT2D eigenvalue weighted by atomic mass is 16.3. The zero-order chi connectivity index (χ0) is 9.26. The van der Waals surface area contributed by atoms with Crippen LogP contribution in [-0.2, 0) is 6.42 Å². The van der Waals surface area contributed by atoms with Gasteiger partial charge in [-0.3, -0.25) is 9.78 Å². The number of carbonyl (C=O) groups excluding carboxylic acids is 1. The molecule has 3 heteroatoms. The highest BCUT2D eigenvalue weighted by molar-refractivity contribution is 5.97. The van der Waals surface area contributed by atoms with E-state index in [-0.39, 0.29) is 0 Å². The number of nitrogens with zero attached hydrogens (tertiary/aromatic N) is 1. The van der Waals surface area contributed by atoms with Crippen LogP contribution in [0.4, 0.5) is 0 Å². The van der Waals surface area contributed by atoms with Crippen LogP contribution in [0.1, 0.15) is 23.0 Å². The summed E-state index contributed by atoms with van der Waals surface area (Å²) in [7, 11) is 0. The van der Waals surface area contributed by atoms with E-state index in [0.29, 0.717) is 5.56 Å². The largest absolute Gasteiger partial charge is 0.463 e. The standard InChI is InChI=1S/C10H9NO2/c1-2-8-10-7(5-12)6-13-9(10)3-4-11-8/h3-6H,2H2,1H3. The predicted molar refractivity (Wildman–Crippen MR) is 48.8 cm³/mol. The molecule has 0 saturated carbocycles. The van der Waals surface area contributed by atoms with Gasteiger partial charge in [0.2, 0.25) is 0 Å². The minimum absolute atomic E-state index is 0.583. The fourth-order valence-corrected chi connectivity index (χ4v) is 1.43. The number of furan rings is 1. The first-order chi connectivity index (χ1) is 6.36. The molecule has 2 aromatic rings. The molecule has 0 unspecified atom stereocenters. The number of hydrogen-bond acceptors (Lipinski definition) is 3. The van der Waals surface area contributed by atoms with Gasteiger partial charge >= 0.3 is 0 Å². The van der Waals surface area contributed by atoms with Crippen molar-refractivity contribution in [2.24, 2.45) is 0 Å². The van der Waals surface area contributed by atoms with Crippen molar-refractivity contribution in [3.63, 3.8) is 0 Å². The Kier molecular flexibility index (Phi) is 1.85. The Morgan fingerprint density at radius 1 is 1.62 bits per heavy atom. The molecule has 2 aromatic heterocycles. The average molecular weight is 175 g/mol. The zero-order valence-corrected chi connectivity index (χ0v) is 7.28. The van der Waals surface area contributed by atoms with Crippen LogP contribution in [0.3, 0.4) is 0 Å². The van der Waals surface area contributed by atoms with Gasteiger partial charge in [0.25, 0.3) is 0 Å². The number of aryl methyl sites for hydroxylation is 1. The molecule has 0 aromatic carbocycles. The third kappa shape index (κ3) is 1.13. The van der Waals surface area contributed by atoms with Crippen molar-refractivity contribution in [1.29, 1.82) is 0 Å². The maximum absolute atomic E-state index is 10.7. The molecule has 3 nitrogen and oxygen atoms in total. The van der Waals surface area contributed by atoms with Crippen LogP contribution in [-0.4, -0.2) is 11.3 Å². The fraction of sp³-hybridized carbons (Fsp3) is 0.200. The zero-order valence-electron chi connectivity index (χ0n) is 7.28. The van der Waals surface area contributed by atoms with Gasteiger partial charge in [-0.05, 0) is 12.5 Å². The number of aromatic nitrogens is 1. The lowest BCUT2D eigenvalue weighted by Gasteiger charge is -1.96. The summed E-state index contributed by atoms with van der Waals surface area (Å²) in [5.74, 6) is 0. The number of rotatable bonds is 2. The molecule has 0 radical (unpaired) electrons. The first kappa shape index (κ1) is 7.98. The van der Waals surface area contributed by atoms with Crippen molar-refractivity contribution in [2.45, 2.75) is 13.3 Å². The summed E-state index contributed by atoms with van der Waals surface area (Å²) >= 11 is 0. The summed E-state index contributed by atoms with van der Waals surface area (Å²) in [6.07, 6.45) is 4.77. The number of fused-ring (bicyclic) bond motifs is 1. The Hall–Kier alpha value is -1.64. The summed E-state index contributed by atoms with van der Waals surface area (Å²) in [6.45, 7) is 2.00. The summed E-state index contributed by atoms with van der Waals surface area (Å²) in [6, 6.07) is 1.77. The van der Waals surface area contributed by atoms with Crippen molar-refractivity contribution in [3.05, 3.63) is 29.8 Å². The van der Waals surface area contributed by atoms with Crippen molar-refractivity contribution in [1.82, 2.24) is 4.98 Å². The lowest BCUT2D eigenvalue weighted by molar-refractivity contribution is 0.112. The highest BCUT2D eigenvalue weighted by Gasteiger charge is 2.08.